The number of hydrogen-bond acceptors (Lipinski definition) is 2. The summed E-state index contributed by atoms with van der Waals surface area (Å²) in [5, 5.41) is 0. The summed E-state index contributed by atoms with van der Waals surface area (Å²) in [6.45, 7) is 8.80. The smallest absolute Gasteiger partial charge is 0.146 e. The summed E-state index contributed by atoms with van der Waals surface area (Å²) in [6, 6.07) is 0. The molecule has 0 aromatic rings. The number of halogens is 1. The zero-order valence-corrected chi connectivity index (χ0v) is 12.5. The van der Waals surface area contributed by atoms with Crippen molar-refractivity contribution in [3.63, 3.8) is 0 Å². The van der Waals surface area contributed by atoms with Gasteiger partial charge in [-0.1, -0.05) is 43.4 Å². The standard InChI is InChI=1S/C12H25IO2/c1-4-7-14-10-15-8-5-6-11(2)9-12(3)13/h11-12H,4-10H2,1-3H3. The number of rotatable bonds is 10. The Balaban J connectivity index is 3.09. The van der Waals surface area contributed by atoms with Crippen LogP contribution in [0.3, 0.4) is 0 Å². The average Bonchev–Trinajstić information content (AvgIpc) is 2.15. The summed E-state index contributed by atoms with van der Waals surface area (Å²) in [5.41, 5.74) is 0. The van der Waals surface area contributed by atoms with Gasteiger partial charge in [-0.2, -0.15) is 0 Å². The second kappa shape index (κ2) is 11.1. The van der Waals surface area contributed by atoms with Crippen molar-refractivity contribution in [3.8, 4) is 0 Å². The molecule has 0 spiro atoms. The molecule has 92 valence electrons. The van der Waals surface area contributed by atoms with Crippen LogP contribution in [-0.2, 0) is 9.47 Å². The zero-order valence-electron chi connectivity index (χ0n) is 10.3. The first-order valence-corrected chi connectivity index (χ1v) is 7.21. The molecule has 0 bridgehead atoms. The maximum atomic E-state index is 5.37. The van der Waals surface area contributed by atoms with Crippen LogP contribution in [0.2, 0.25) is 0 Å². The Hall–Kier alpha value is 0.650. The molecular formula is C12H25IO2. The van der Waals surface area contributed by atoms with Crippen LogP contribution < -0.4 is 0 Å². The Labute approximate surface area is 108 Å². The van der Waals surface area contributed by atoms with Crippen LogP contribution in [0.4, 0.5) is 0 Å². The SMILES string of the molecule is CCCOCOCCCC(C)CC(C)I. The first-order valence-electron chi connectivity index (χ1n) is 5.96. The molecule has 2 unspecified atom stereocenters. The van der Waals surface area contributed by atoms with Crippen molar-refractivity contribution in [2.45, 2.75) is 50.4 Å². The minimum Gasteiger partial charge on any atom is -0.355 e. The second-order valence-corrected chi connectivity index (χ2v) is 6.32. The van der Waals surface area contributed by atoms with Crippen molar-refractivity contribution in [2.75, 3.05) is 20.0 Å². The fraction of sp³-hybridized carbons (Fsp3) is 1.00. The average molecular weight is 328 g/mol. The van der Waals surface area contributed by atoms with Gasteiger partial charge in [-0.3, -0.25) is 0 Å². The molecule has 0 aliphatic carbocycles. The number of hydrogen-bond donors (Lipinski definition) is 0. The van der Waals surface area contributed by atoms with Crippen molar-refractivity contribution < 1.29 is 9.47 Å². The van der Waals surface area contributed by atoms with Crippen LogP contribution in [-0.4, -0.2) is 23.9 Å². The third-order valence-electron chi connectivity index (χ3n) is 2.23. The van der Waals surface area contributed by atoms with Crippen LogP contribution in [0, 0.1) is 5.92 Å². The van der Waals surface area contributed by atoms with E-state index in [0.29, 0.717) is 6.79 Å². The van der Waals surface area contributed by atoms with E-state index in [-0.39, 0.29) is 0 Å². The minimum absolute atomic E-state index is 0.463. The maximum absolute atomic E-state index is 5.37. The van der Waals surface area contributed by atoms with E-state index in [4.69, 9.17) is 9.47 Å². The lowest BCUT2D eigenvalue weighted by Gasteiger charge is -2.12. The maximum Gasteiger partial charge on any atom is 0.146 e. The molecule has 0 saturated carbocycles. The molecule has 0 radical (unpaired) electrons. The van der Waals surface area contributed by atoms with Crippen molar-refractivity contribution >= 4 is 22.6 Å². The van der Waals surface area contributed by atoms with Gasteiger partial charge in [-0.25, -0.2) is 0 Å². The molecule has 0 heterocycles. The fourth-order valence-electron chi connectivity index (χ4n) is 1.53. The lowest BCUT2D eigenvalue weighted by atomic mass is 10.0. The summed E-state index contributed by atoms with van der Waals surface area (Å²) in [5.74, 6) is 0.817. The molecular weight excluding hydrogens is 303 g/mol. The van der Waals surface area contributed by atoms with Gasteiger partial charge in [-0.15, -0.1) is 0 Å². The highest BCUT2D eigenvalue weighted by molar-refractivity contribution is 14.1. The Morgan fingerprint density at radius 2 is 1.80 bits per heavy atom. The zero-order chi connectivity index (χ0) is 11.5. The lowest BCUT2D eigenvalue weighted by molar-refractivity contribution is -0.0548. The fourth-order valence-corrected chi connectivity index (χ4v) is 2.40. The molecule has 2 atom stereocenters. The molecule has 0 aromatic heterocycles. The number of ether oxygens (including phenoxy) is 2. The summed E-state index contributed by atoms with van der Waals surface area (Å²) >= 11 is 2.49. The van der Waals surface area contributed by atoms with Gasteiger partial charge in [0.05, 0.1) is 0 Å². The topological polar surface area (TPSA) is 18.5 Å². The summed E-state index contributed by atoms with van der Waals surface area (Å²) < 4.78 is 11.4. The van der Waals surface area contributed by atoms with Crippen molar-refractivity contribution in [3.05, 3.63) is 0 Å². The largest absolute Gasteiger partial charge is 0.355 e. The van der Waals surface area contributed by atoms with Gasteiger partial charge >= 0.3 is 0 Å². The highest BCUT2D eigenvalue weighted by Gasteiger charge is 2.05. The van der Waals surface area contributed by atoms with E-state index < -0.39 is 0 Å². The van der Waals surface area contributed by atoms with E-state index in [9.17, 15) is 0 Å². The predicted octanol–water partition coefficient (Wildman–Crippen LogP) is 4.02. The van der Waals surface area contributed by atoms with E-state index in [1.54, 1.807) is 0 Å². The van der Waals surface area contributed by atoms with E-state index >= 15 is 0 Å². The molecule has 0 aliphatic rings. The highest BCUT2D eigenvalue weighted by atomic mass is 127. The number of alkyl halides is 1. The van der Waals surface area contributed by atoms with E-state index in [1.165, 1.54) is 12.8 Å². The van der Waals surface area contributed by atoms with Gasteiger partial charge < -0.3 is 9.47 Å². The van der Waals surface area contributed by atoms with Crippen molar-refractivity contribution in [2.24, 2.45) is 5.92 Å². The first kappa shape index (κ1) is 15.7. The highest BCUT2D eigenvalue weighted by Crippen LogP contribution is 2.17. The Kier molecular flexibility index (Phi) is 11.6. The molecule has 0 saturated heterocycles. The molecule has 0 aromatic carbocycles. The second-order valence-electron chi connectivity index (χ2n) is 4.20. The summed E-state index contributed by atoms with van der Waals surface area (Å²) in [6.07, 6.45) is 4.79. The third kappa shape index (κ3) is 12.6. The lowest BCUT2D eigenvalue weighted by Crippen LogP contribution is -2.06. The van der Waals surface area contributed by atoms with Gasteiger partial charge in [0.25, 0.3) is 0 Å². The summed E-state index contributed by atoms with van der Waals surface area (Å²) in [4.78, 5) is 0. The Morgan fingerprint density at radius 1 is 1.13 bits per heavy atom. The molecule has 0 N–H and O–H groups in total. The third-order valence-corrected chi connectivity index (χ3v) is 2.74. The van der Waals surface area contributed by atoms with Crippen LogP contribution in [0.25, 0.3) is 0 Å². The van der Waals surface area contributed by atoms with Gasteiger partial charge in [-0.05, 0) is 31.6 Å². The quantitative estimate of drug-likeness (QED) is 0.261. The van der Waals surface area contributed by atoms with Gasteiger partial charge in [0, 0.05) is 17.1 Å². The Bertz CT molecular complexity index is 129. The van der Waals surface area contributed by atoms with Crippen molar-refractivity contribution in [1.29, 1.82) is 0 Å². The summed E-state index contributed by atoms with van der Waals surface area (Å²) in [7, 11) is 0. The van der Waals surface area contributed by atoms with Crippen LogP contribution in [0.1, 0.15) is 46.5 Å². The molecule has 2 nitrogen and oxygen atoms in total. The van der Waals surface area contributed by atoms with Crippen LogP contribution >= 0.6 is 22.6 Å². The first-order chi connectivity index (χ1) is 7.16. The van der Waals surface area contributed by atoms with E-state index in [0.717, 1.165) is 35.9 Å². The normalized spacial score (nSPS) is 15.2. The monoisotopic (exact) mass is 328 g/mol. The van der Waals surface area contributed by atoms with Gasteiger partial charge in [0.2, 0.25) is 0 Å². The molecule has 0 rings (SSSR count). The van der Waals surface area contributed by atoms with Crippen molar-refractivity contribution in [1.82, 2.24) is 0 Å². The van der Waals surface area contributed by atoms with Gasteiger partial charge in [0.1, 0.15) is 6.79 Å². The minimum atomic E-state index is 0.463. The molecule has 0 aliphatic heterocycles. The molecule has 0 amide bonds. The Morgan fingerprint density at radius 3 is 2.40 bits per heavy atom. The molecule has 15 heavy (non-hydrogen) atoms. The van der Waals surface area contributed by atoms with Gasteiger partial charge in [0.15, 0.2) is 0 Å². The van der Waals surface area contributed by atoms with Crippen LogP contribution in [0.5, 0.6) is 0 Å². The molecule has 0 fully saturated rings. The van der Waals surface area contributed by atoms with E-state index in [2.05, 4.69) is 43.4 Å². The van der Waals surface area contributed by atoms with E-state index in [1.807, 2.05) is 0 Å². The van der Waals surface area contributed by atoms with Crippen LogP contribution in [0.15, 0.2) is 0 Å². The molecule has 3 heteroatoms. The predicted molar refractivity (Wildman–Crippen MR) is 73.6 cm³/mol.